The fraction of sp³-hybridized carbons (Fsp3) is 0.833. The maximum Gasteiger partial charge on any atom is 0.506 e. The van der Waals surface area contributed by atoms with Gasteiger partial charge in [0.15, 0.2) is 0 Å². The zero-order chi connectivity index (χ0) is 8.15. The Labute approximate surface area is 64.9 Å². The minimum absolute atomic E-state index is 0.263. The monoisotopic (exact) mass is 166 g/mol. The molecule has 0 rings (SSSR count). The Morgan fingerprint density at radius 3 is 2.40 bits per heavy atom. The molecule has 0 bridgehead atoms. The molecule has 10 heavy (non-hydrogen) atoms. The lowest BCUT2D eigenvalue weighted by Crippen LogP contribution is -2.23. The van der Waals surface area contributed by atoms with Crippen LogP contribution in [0, 0.1) is 0 Å². The van der Waals surface area contributed by atoms with Gasteiger partial charge in [0, 0.05) is 0 Å². The molecule has 0 fully saturated rings. The van der Waals surface area contributed by atoms with E-state index < -0.39 is 6.16 Å². The Balaban J connectivity index is 3.71. The van der Waals surface area contributed by atoms with Crippen molar-refractivity contribution in [2.45, 2.75) is 31.7 Å². The fourth-order valence-electron chi connectivity index (χ4n) is 0.631. The molecule has 0 aromatic heterocycles. The van der Waals surface area contributed by atoms with Gasteiger partial charge in [0.05, 0.1) is 5.38 Å². The van der Waals surface area contributed by atoms with Crippen LogP contribution in [0.25, 0.3) is 0 Å². The van der Waals surface area contributed by atoms with Crippen LogP contribution < -0.4 is 0 Å². The van der Waals surface area contributed by atoms with E-state index >= 15 is 0 Å². The highest BCUT2D eigenvalue weighted by Gasteiger charge is 2.16. The predicted molar refractivity (Wildman–Crippen MR) is 38.5 cm³/mol. The Bertz CT molecular complexity index is 114. The van der Waals surface area contributed by atoms with Gasteiger partial charge in [-0.15, -0.1) is 11.6 Å². The van der Waals surface area contributed by atoms with Gasteiger partial charge < -0.3 is 9.84 Å². The first-order valence-corrected chi connectivity index (χ1v) is 3.55. The third-order valence-electron chi connectivity index (χ3n) is 1.17. The molecule has 0 spiro atoms. The summed E-state index contributed by atoms with van der Waals surface area (Å²) in [5.41, 5.74) is 0. The van der Waals surface area contributed by atoms with Crippen molar-refractivity contribution in [3.8, 4) is 0 Å². The summed E-state index contributed by atoms with van der Waals surface area (Å²) in [5, 5.41) is 7.92. The summed E-state index contributed by atoms with van der Waals surface area (Å²) >= 11 is 5.60. The number of alkyl halides is 1. The van der Waals surface area contributed by atoms with Crippen LogP contribution in [0.3, 0.4) is 0 Å². The molecule has 0 aliphatic carbocycles. The lowest BCUT2D eigenvalue weighted by Gasteiger charge is -2.15. The van der Waals surface area contributed by atoms with E-state index in [1.54, 1.807) is 6.92 Å². The Hall–Kier alpha value is -0.440. The van der Waals surface area contributed by atoms with Crippen LogP contribution in [0.15, 0.2) is 0 Å². The van der Waals surface area contributed by atoms with Crippen molar-refractivity contribution in [1.82, 2.24) is 0 Å². The van der Waals surface area contributed by atoms with E-state index in [-0.39, 0.29) is 11.5 Å². The van der Waals surface area contributed by atoms with Gasteiger partial charge in [-0.3, -0.25) is 0 Å². The quantitative estimate of drug-likeness (QED) is 0.516. The van der Waals surface area contributed by atoms with Crippen molar-refractivity contribution in [2.75, 3.05) is 0 Å². The van der Waals surface area contributed by atoms with Crippen LogP contribution in [0.2, 0.25) is 0 Å². The van der Waals surface area contributed by atoms with Crippen LogP contribution in [-0.2, 0) is 4.74 Å². The molecule has 0 aromatic rings. The molecule has 0 aliphatic rings. The molecular formula is C6H11ClO3. The second-order valence-corrected chi connectivity index (χ2v) is 2.70. The lowest BCUT2D eigenvalue weighted by molar-refractivity contribution is 0.0500. The van der Waals surface area contributed by atoms with E-state index in [1.807, 2.05) is 6.92 Å². The van der Waals surface area contributed by atoms with Crippen molar-refractivity contribution in [3.05, 3.63) is 0 Å². The molecule has 4 heteroatoms. The van der Waals surface area contributed by atoms with E-state index in [0.29, 0.717) is 6.42 Å². The summed E-state index contributed by atoms with van der Waals surface area (Å²) in [6.07, 6.45) is -1.05. The number of hydrogen-bond donors (Lipinski definition) is 1. The highest BCUT2D eigenvalue weighted by molar-refractivity contribution is 6.20. The van der Waals surface area contributed by atoms with Crippen LogP contribution >= 0.6 is 11.6 Å². The normalized spacial score (nSPS) is 15.9. The Morgan fingerprint density at radius 1 is 1.80 bits per heavy atom. The van der Waals surface area contributed by atoms with E-state index in [1.165, 1.54) is 0 Å². The maximum atomic E-state index is 9.99. The molecule has 2 atom stereocenters. The summed E-state index contributed by atoms with van der Waals surface area (Å²) in [5.74, 6) is 0. The molecule has 3 nitrogen and oxygen atoms in total. The average Bonchev–Trinajstić information content (AvgIpc) is 1.81. The number of rotatable bonds is 3. The van der Waals surface area contributed by atoms with E-state index in [2.05, 4.69) is 4.74 Å². The largest absolute Gasteiger partial charge is 0.506 e. The van der Waals surface area contributed by atoms with Gasteiger partial charge in [-0.1, -0.05) is 6.92 Å². The summed E-state index contributed by atoms with van der Waals surface area (Å²) in [7, 11) is 0. The molecule has 0 heterocycles. The average molecular weight is 167 g/mol. The van der Waals surface area contributed by atoms with Gasteiger partial charge in [0.25, 0.3) is 0 Å². The van der Waals surface area contributed by atoms with Crippen molar-refractivity contribution in [2.24, 2.45) is 0 Å². The van der Waals surface area contributed by atoms with E-state index in [4.69, 9.17) is 16.7 Å². The molecule has 0 radical (unpaired) electrons. The first-order chi connectivity index (χ1) is 4.57. The number of halogens is 1. The summed E-state index contributed by atoms with van der Waals surface area (Å²) < 4.78 is 4.45. The maximum absolute atomic E-state index is 9.99. The topological polar surface area (TPSA) is 46.5 Å². The van der Waals surface area contributed by atoms with Crippen LogP contribution in [0.1, 0.15) is 20.3 Å². The molecule has 1 N–H and O–H groups in total. The van der Waals surface area contributed by atoms with Crippen molar-refractivity contribution in [3.63, 3.8) is 0 Å². The SMILES string of the molecule is CCC(OC(=O)O)C(C)Cl. The van der Waals surface area contributed by atoms with Crippen molar-refractivity contribution < 1.29 is 14.6 Å². The third kappa shape index (κ3) is 3.56. The highest BCUT2D eigenvalue weighted by Crippen LogP contribution is 2.09. The summed E-state index contributed by atoms with van der Waals surface area (Å²) in [6, 6.07) is 0. The smallest absolute Gasteiger partial charge is 0.450 e. The lowest BCUT2D eigenvalue weighted by atomic mass is 10.2. The van der Waals surface area contributed by atoms with Crippen LogP contribution in [-0.4, -0.2) is 22.7 Å². The van der Waals surface area contributed by atoms with Crippen LogP contribution in [0.4, 0.5) is 4.79 Å². The fourth-order valence-corrected chi connectivity index (χ4v) is 0.861. The molecule has 0 saturated heterocycles. The summed E-state index contributed by atoms with van der Waals surface area (Å²) in [4.78, 5) is 9.99. The predicted octanol–water partition coefficient (Wildman–Crippen LogP) is 2.09. The van der Waals surface area contributed by atoms with Gasteiger partial charge in [0.1, 0.15) is 6.10 Å². The summed E-state index contributed by atoms with van der Waals surface area (Å²) in [6.45, 7) is 3.53. The number of carboxylic acid groups (broad SMARTS) is 1. The van der Waals surface area contributed by atoms with Gasteiger partial charge >= 0.3 is 6.16 Å². The minimum atomic E-state index is -1.26. The minimum Gasteiger partial charge on any atom is -0.450 e. The van der Waals surface area contributed by atoms with E-state index in [0.717, 1.165) is 0 Å². The number of carbonyl (C=O) groups is 1. The standard InChI is InChI=1S/C6H11ClO3/c1-3-5(4(2)7)10-6(8)9/h4-5H,3H2,1-2H3,(H,8,9). The second kappa shape index (κ2) is 4.39. The van der Waals surface area contributed by atoms with Gasteiger partial charge in [0.2, 0.25) is 0 Å². The molecule has 0 aromatic carbocycles. The van der Waals surface area contributed by atoms with Crippen LogP contribution in [0.5, 0.6) is 0 Å². The first-order valence-electron chi connectivity index (χ1n) is 3.11. The van der Waals surface area contributed by atoms with Crippen molar-refractivity contribution in [1.29, 1.82) is 0 Å². The van der Waals surface area contributed by atoms with Crippen molar-refractivity contribution >= 4 is 17.8 Å². The zero-order valence-corrected chi connectivity index (χ0v) is 6.76. The Morgan fingerprint density at radius 2 is 2.30 bits per heavy atom. The third-order valence-corrected chi connectivity index (χ3v) is 1.45. The zero-order valence-electron chi connectivity index (χ0n) is 6.00. The Kier molecular flexibility index (Phi) is 4.19. The van der Waals surface area contributed by atoms with Gasteiger partial charge in [-0.05, 0) is 13.3 Å². The molecule has 0 saturated carbocycles. The molecule has 60 valence electrons. The molecule has 0 aliphatic heterocycles. The first kappa shape index (κ1) is 9.56. The molecule has 0 amide bonds. The van der Waals surface area contributed by atoms with Gasteiger partial charge in [-0.25, -0.2) is 4.79 Å². The number of hydrogen-bond acceptors (Lipinski definition) is 2. The van der Waals surface area contributed by atoms with E-state index in [9.17, 15) is 4.79 Å². The molecule has 2 unspecified atom stereocenters. The number of ether oxygens (including phenoxy) is 1. The highest BCUT2D eigenvalue weighted by atomic mass is 35.5. The molecular weight excluding hydrogens is 156 g/mol. The second-order valence-electron chi connectivity index (χ2n) is 2.01. The van der Waals surface area contributed by atoms with Gasteiger partial charge in [-0.2, -0.15) is 0 Å².